The fourth-order valence-electron chi connectivity index (χ4n) is 3.51. The third-order valence-corrected chi connectivity index (χ3v) is 5.45. The van der Waals surface area contributed by atoms with E-state index in [4.69, 9.17) is 0 Å². The van der Waals surface area contributed by atoms with E-state index in [-0.39, 0.29) is 12.0 Å². The molecule has 2 aliphatic rings. The second-order valence-corrected chi connectivity index (χ2v) is 6.72. The molecule has 0 amide bonds. The number of thiophene rings is 1. The molecule has 2 atom stereocenters. The summed E-state index contributed by atoms with van der Waals surface area (Å²) in [5, 5.41) is 13.8. The molecule has 2 N–H and O–H groups in total. The van der Waals surface area contributed by atoms with Gasteiger partial charge in [0.15, 0.2) is 0 Å². The number of hydrogen-bond donors (Lipinski definition) is 2. The molecule has 2 bridgehead atoms. The van der Waals surface area contributed by atoms with Crippen molar-refractivity contribution < 1.29 is 9.90 Å². The summed E-state index contributed by atoms with van der Waals surface area (Å²) < 4.78 is 1.16. The molecule has 2 fully saturated rings. The zero-order valence-corrected chi connectivity index (χ0v) is 11.7. The Bertz CT molecular complexity index is 653. The van der Waals surface area contributed by atoms with E-state index in [0.717, 1.165) is 34.7 Å². The monoisotopic (exact) mass is 289 g/mol. The number of hydrogen-bond acceptors (Lipinski definition) is 5. The Labute approximate surface area is 120 Å². The predicted molar refractivity (Wildman–Crippen MR) is 78.4 cm³/mol. The number of pyridine rings is 1. The van der Waals surface area contributed by atoms with Crippen LogP contribution in [-0.4, -0.2) is 40.7 Å². The molecule has 2 aliphatic heterocycles. The third kappa shape index (κ3) is 1.72. The van der Waals surface area contributed by atoms with E-state index in [2.05, 4.69) is 27.3 Å². The van der Waals surface area contributed by atoms with Crippen LogP contribution in [0.1, 0.15) is 12.8 Å². The number of carboxylic acids is 1. The number of aromatic nitrogens is 1. The molecule has 5 nitrogen and oxygen atoms in total. The zero-order chi connectivity index (χ0) is 13.7. The normalized spacial score (nSPS) is 28.4. The Hall–Kier alpha value is -1.66. The van der Waals surface area contributed by atoms with Gasteiger partial charge in [0.25, 0.3) is 0 Å². The van der Waals surface area contributed by atoms with Crippen LogP contribution in [0.15, 0.2) is 24.4 Å². The first kappa shape index (κ1) is 12.1. The molecule has 0 spiro atoms. The third-order valence-electron chi connectivity index (χ3n) is 4.34. The summed E-state index contributed by atoms with van der Waals surface area (Å²) in [6.07, 6.45) is 2.91. The Kier molecular flexibility index (Phi) is 2.52. The number of rotatable bonds is 3. The van der Waals surface area contributed by atoms with E-state index in [0.29, 0.717) is 6.04 Å². The van der Waals surface area contributed by atoms with Crippen molar-refractivity contribution >= 4 is 32.5 Å². The zero-order valence-electron chi connectivity index (χ0n) is 10.9. The maximum absolute atomic E-state index is 11.2. The Balaban J connectivity index is 1.75. The van der Waals surface area contributed by atoms with Gasteiger partial charge >= 0.3 is 5.97 Å². The average molecular weight is 289 g/mol. The highest BCUT2D eigenvalue weighted by Crippen LogP contribution is 2.44. The maximum Gasteiger partial charge on any atom is 0.305 e. The first-order chi connectivity index (χ1) is 9.66. The number of nitrogens with one attached hydrogen (secondary N) is 1. The van der Waals surface area contributed by atoms with Crippen LogP contribution in [0.25, 0.3) is 10.2 Å². The van der Waals surface area contributed by atoms with Gasteiger partial charge in [-0.05, 0) is 24.6 Å². The summed E-state index contributed by atoms with van der Waals surface area (Å²) in [5.41, 5.74) is 0.728. The minimum atomic E-state index is -0.724. The first-order valence-electron chi connectivity index (χ1n) is 6.74. The number of carboxylic acid groups (broad SMARTS) is 1. The molecule has 0 aromatic carbocycles. The van der Waals surface area contributed by atoms with Crippen molar-refractivity contribution in [1.29, 1.82) is 0 Å². The lowest BCUT2D eigenvalue weighted by molar-refractivity contribution is -0.138. The fraction of sp³-hybridized carbons (Fsp3) is 0.429. The second kappa shape index (κ2) is 4.17. The van der Waals surface area contributed by atoms with Crippen molar-refractivity contribution in [2.45, 2.75) is 24.4 Å². The van der Waals surface area contributed by atoms with Crippen LogP contribution in [0.3, 0.4) is 0 Å². The largest absolute Gasteiger partial charge is 0.481 e. The van der Waals surface area contributed by atoms with Gasteiger partial charge in [0.1, 0.15) is 0 Å². The highest BCUT2D eigenvalue weighted by atomic mass is 32.1. The van der Waals surface area contributed by atoms with Crippen LogP contribution in [0, 0.1) is 0 Å². The smallest absolute Gasteiger partial charge is 0.305 e. The number of aliphatic carboxylic acids is 1. The summed E-state index contributed by atoms with van der Waals surface area (Å²) in [7, 11) is 0. The SMILES string of the molecule is O=C(O)C[C@]12CN[C@@H](CN1c1cc3ncccc3s1)C2. The van der Waals surface area contributed by atoms with Gasteiger partial charge in [-0.15, -0.1) is 11.3 Å². The van der Waals surface area contributed by atoms with Gasteiger partial charge in [0.2, 0.25) is 0 Å². The quantitative estimate of drug-likeness (QED) is 0.900. The second-order valence-electron chi connectivity index (χ2n) is 5.66. The minimum Gasteiger partial charge on any atom is -0.481 e. The van der Waals surface area contributed by atoms with Crippen LogP contribution >= 0.6 is 11.3 Å². The molecular weight excluding hydrogens is 274 g/mol. The predicted octanol–water partition coefficient (Wildman–Crippen LogP) is 1.69. The van der Waals surface area contributed by atoms with Crippen LogP contribution in [0.4, 0.5) is 5.00 Å². The topological polar surface area (TPSA) is 65.5 Å². The Morgan fingerprint density at radius 1 is 1.65 bits per heavy atom. The molecular formula is C14H15N3O2S. The first-order valence-corrected chi connectivity index (χ1v) is 7.55. The number of anilines is 1. The van der Waals surface area contributed by atoms with E-state index in [1.165, 1.54) is 0 Å². The molecule has 20 heavy (non-hydrogen) atoms. The van der Waals surface area contributed by atoms with E-state index in [1.807, 2.05) is 6.07 Å². The molecule has 2 aromatic rings. The molecule has 4 heterocycles. The lowest BCUT2D eigenvalue weighted by Crippen LogP contribution is -2.53. The number of piperazine rings is 1. The summed E-state index contributed by atoms with van der Waals surface area (Å²) in [4.78, 5) is 17.9. The number of carbonyl (C=O) groups is 1. The fourth-order valence-corrected chi connectivity index (χ4v) is 4.65. The van der Waals surface area contributed by atoms with Crippen LogP contribution < -0.4 is 10.2 Å². The van der Waals surface area contributed by atoms with Gasteiger partial charge in [-0.1, -0.05) is 0 Å². The van der Waals surface area contributed by atoms with E-state index in [1.54, 1.807) is 17.5 Å². The van der Waals surface area contributed by atoms with Gasteiger partial charge < -0.3 is 15.3 Å². The van der Waals surface area contributed by atoms with Crippen LogP contribution in [0.5, 0.6) is 0 Å². The van der Waals surface area contributed by atoms with Gasteiger partial charge in [-0.3, -0.25) is 9.78 Å². The van der Waals surface area contributed by atoms with Gasteiger partial charge in [0.05, 0.1) is 27.2 Å². The Morgan fingerprint density at radius 2 is 2.55 bits per heavy atom. The van der Waals surface area contributed by atoms with Crippen molar-refractivity contribution in [3.05, 3.63) is 24.4 Å². The molecule has 0 saturated carbocycles. The van der Waals surface area contributed by atoms with E-state index in [9.17, 15) is 9.90 Å². The lowest BCUT2D eigenvalue weighted by atomic mass is 9.94. The molecule has 6 heteroatoms. The molecule has 2 saturated heterocycles. The standard InChI is InChI=1S/C14H15N3O2S/c18-13(19)6-14-5-9(16-8-14)7-17(14)12-4-10-11(20-12)2-1-3-15-10/h1-4,9,16H,5-8H2,(H,18,19)/t9-,14-/m1/s1. The van der Waals surface area contributed by atoms with E-state index >= 15 is 0 Å². The van der Waals surface area contributed by atoms with Crippen LogP contribution in [-0.2, 0) is 4.79 Å². The number of nitrogens with zero attached hydrogens (tertiary/aromatic N) is 2. The Morgan fingerprint density at radius 3 is 3.30 bits per heavy atom. The summed E-state index contributed by atoms with van der Waals surface area (Å²) in [6.45, 7) is 1.64. The minimum absolute atomic E-state index is 0.193. The van der Waals surface area contributed by atoms with Crippen molar-refractivity contribution in [1.82, 2.24) is 10.3 Å². The number of fused-ring (bicyclic) bond motifs is 3. The van der Waals surface area contributed by atoms with Crippen molar-refractivity contribution in [2.24, 2.45) is 0 Å². The summed E-state index contributed by atoms with van der Waals surface area (Å²) >= 11 is 1.70. The van der Waals surface area contributed by atoms with Gasteiger partial charge in [0, 0.05) is 25.3 Å². The highest BCUT2D eigenvalue weighted by molar-refractivity contribution is 7.22. The van der Waals surface area contributed by atoms with Gasteiger partial charge in [-0.25, -0.2) is 0 Å². The van der Waals surface area contributed by atoms with Gasteiger partial charge in [-0.2, -0.15) is 0 Å². The van der Waals surface area contributed by atoms with Crippen molar-refractivity contribution in [3.8, 4) is 0 Å². The van der Waals surface area contributed by atoms with Crippen LogP contribution in [0.2, 0.25) is 0 Å². The maximum atomic E-state index is 11.2. The molecule has 104 valence electrons. The summed E-state index contributed by atoms with van der Waals surface area (Å²) in [6, 6.07) is 6.50. The summed E-state index contributed by atoms with van der Waals surface area (Å²) in [5.74, 6) is -0.724. The molecule has 0 radical (unpaired) electrons. The lowest BCUT2D eigenvalue weighted by Gasteiger charge is -2.38. The van der Waals surface area contributed by atoms with Crippen molar-refractivity contribution in [3.63, 3.8) is 0 Å². The van der Waals surface area contributed by atoms with Crippen molar-refractivity contribution in [2.75, 3.05) is 18.0 Å². The average Bonchev–Trinajstić information content (AvgIpc) is 3.07. The molecule has 4 rings (SSSR count). The highest BCUT2D eigenvalue weighted by Gasteiger charge is 2.52. The molecule has 0 aliphatic carbocycles. The molecule has 2 aromatic heterocycles. The van der Waals surface area contributed by atoms with E-state index < -0.39 is 5.97 Å². The molecule has 0 unspecified atom stereocenters.